The Morgan fingerprint density at radius 1 is 1.38 bits per heavy atom. The Kier molecular flexibility index (Phi) is 5.73. The van der Waals surface area contributed by atoms with Crippen LogP contribution in [0.4, 0.5) is 0 Å². The van der Waals surface area contributed by atoms with E-state index in [0.717, 1.165) is 5.56 Å². The minimum absolute atomic E-state index is 0.0668. The molecule has 5 heteroatoms. The van der Waals surface area contributed by atoms with E-state index in [-0.39, 0.29) is 18.0 Å². The predicted octanol–water partition coefficient (Wildman–Crippen LogP) is 1.48. The first-order valence-corrected chi connectivity index (χ1v) is 7.27. The highest BCUT2D eigenvalue weighted by Gasteiger charge is 2.24. The van der Waals surface area contributed by atoms with Gasteiger partial charge in [-0.15, -0.1) is 0 Å². The van der Waals surface area contributed by atoms with E-state index in [1.807, 2.05) is 42.2 Å². The molecular weight excluding hydrogens is 266 g/mol. The second-order valence-electron chi connectivity index (χ2n) is 5.15. The molecule has 1 N–H and O–H groups in total. The van der Waals surface area contributed by atoms with Crippen LogP contribution < -0.4 is 5.32 Å². The molecule has 5 nitrogen and oxygen atoms in total. The maximum absolute atomic E-state index is 12.4. The zero-order valence-electron chi connectivity index (χ0n) is 12.3. The fourth-order valence-electron chi connectivity index (χ4n) is 2.48. The van der Waals surface area contributed by atoms with E-state index in [4.69, 9.17) is 10.00 Å². The Hall–Kier alpha value is -1.90. The van der Waals surface area contributed by atoms with Crippen LogP contribution in [-0.2, 0) is 9.53 Å². The van der Waals surface area contributed by atoms with Gasteiger partial charge in [-0.25, -0.2) is 0 Å². The summed E-state index contributed by atoms with van der Waals surface area (Å²) in [6.07, 6.45) is 0.338. The lowest BCUT2D eigenvalue weighted by Crippen LogP contribution is -2.49. The van der Waals surface area contributed by atoms with Gasteiger partial charge < -0.3 is 9.64 Å². The van der Waals surface area contributed by atoms with Crippen molar-refractivity contribution in [3.05, 3.63) is 35.9 Å². The number of nitrogens with one attached hydrogen (secondary N) is 1. The second-order valence-corrected chi connectivity index (χ2v) is 5.15. The fourth-order valence-corrected chi connectivity index (χ4v) is 2.48. The number of carbonyl (C=O) groups is 1. The van der Waals surface area contributed by atoms with Gasteiger partial charge in [-0.3, -0.25) is 10.1 Å². The topological polar surface area (TPSA) is 65.4 Å². The summed E-state index contributed by atoms with van der Waals surface area (Å²) in [5.74, 6) is 0.0668. The lowest BCUT2D eigenvalue weighted by Gasteiger charge is -2.31. The lowest BCUT2D eigenvalue weighted by molar-refractivity contribution is -0.137. The summed E-state index contributed by atoms with van der Waals surface area (Å²) in [6, 6.07) is 11.5. The first-order chi connectivity index (χ1) is 10.2. The average molecular weight is 287 g/mol. The fraction of sp³-hybridized carbons (Fsp3) is 0.500. The molecule has 1 fully saturated rings. The summed E-state index contributed by atoms with van der Waals surface area (Å²) >= 11 is 0. The number of rotatable bonds is 5. The standard InChI is InChI=1S/C16H21N3O2/c1-13(16(20)19-9-11-21-12-10-19)18-15(7-8-17)14-5-3-2-4-6-14/h2-6,13,15,18H,7,9-12H2,1H3. The Bertz CT molecular complexity index is 492. The quantitative estimate of drug-likeness (QED) is 0.891. The van der Waals surface area contributed by atoms with Crippen molar-refractivity contribution >= 4 is 5.91 Å². The molecule has 1 aromatic rings. The Morgan fingerprint density at radius 3 is 2.67 bits per heavy atom. The molecule has 2 unspecified atom stereocenters. The van der Waals surface area contributed by atoms with Crippen LogP contribution in [0.25, 0.3) is 0 Å². The van der Waals surface area contributed by atoms with E-state index in [2.05, 4.69) is 11.4 Å². The van der Waals surface area contributed by atoms with Gasteiger partial charge in [-0.1, -0.05) is 30.3 Å². The molecule has 2 atom stereocenters. The van der Waals surface area contributed by atoms with E-state index >= 15 is 0 Å². The average Bonchev–Trinajstić information content (AvgIpc) is 2.55. The smallest absolute Gasteiger partial charge is 0.239 e. The van der Waals surface area contributed by atoms with E-state index in [0.29, 0.717) is 32.7 Å². The van der Waals surface area contributed by atoms with Crippen molar-refractivity contribution in [3.8, 4) is 6.07 Å². The van der Waals surface area contributed by atoms with Crippen molar-refractivity contribution in [1.82, 2.24) is 10.2 Å². The molecule has 1 aromatic carbocycles. The summed E-state index contributed by atoms with van der Waals surface area (Å²) in [6.45, 7) is 4.32. The molecule has 1 amide bonds. The van der Waals surface area contributed by atoms with Gasteiger partial charge in [-0.05, 0) is 12.5 Å². The van der Waals surface area contributed by atoms with Gasteiger partial charge in [0.2, 0.25) is 5.91 Å². The van der Waals surface area contributed by atoms with Crippen LogP contribution in [0.1, 0.15) is 24.9 Å². The monoisotopic (exact) mass is 287 g/mol. The third kappa shape index (κ3) is 4.28. The minimum atomic E-state index is -0.318. The van der Waals surface area contributed by atoms with E-state index in [1.165, 1.54) is 0 Å². The highest BCUT2D eigenvalue weighted by molar-refractivity contribution is 5.81. The highest BCUT2D eigenvalue weighted by Crippen LogP contribution is 2.17. The number of hydrogen-bond donors (Lipinski definition) is 1. The summed E-state index contributed by atoms with van der Waals surface area (Å²) in [5, 5.41) is 12.3. The van der Waals surface area contributed by atoms with Gasteiger partial charge in [0.05, 0.1) is 31.7 Å². The molecule has 0 aliphatic carbocycles. The van der Waals surface area contributed by atoms with E-state index in [1.54, 1.807) is 0 Å². The number of amides is 1. The number of hydrogen-bond acceptors (Lipinski definition) is 4. The molecule has 0 radical (unpaired) electrons. The summed E-state index contributed by atoms with van der Waals surface area (Å²) in [7, 11) is 0. The number of morpholine rings is 1. The zero-order valence-corrected chi connectivity index (χ0v) is 12.3. The number of carbonyl (C=O) groups excluding carboxylic acids is 1. The van der Waals surface area contributed by atoms with Gasteiger partial charge in [0.1, 0.15) is 0 Å². The van der Waals surface area contributed by atoms with Crippen molar-refractivity contribution in [1.29, 1.82) is 5.26 Å². The number of ether oxygens (including phenoxy) is 1. The van der Waals surface area contributed by atoms with Gasteiger partial charge in [0.15, 0.2) is 0 Å². The van der Waals surface area contributed by atoms with Crippen LogP contribution in [0.2, 0.25) is 0 Å². The van der Waals surface area contributed by atoms with Gasteiger partial charge in [-0.2, -0.15) is 5.26 Å². The SMILES string of the molecule is CC(NC(CC#N)c1ccccc1)C(=O)N1CCOCC1. The molecule has 2 rings (SSSR count). The summed E-state index contributed by atoms with van der Waals surface area (Å²) in [4.78, 5) is 14.2. The molecule has 1 saturated heterocycles. The molecule has 0 bridgehead atoms. The maximum atomic E-state index is 12.4. The van der Waals surface area contributed by atoms with E-state index < -0.39 is 0 Å². The highest BCUT2D eigenvalue weighted by atomic mass is 16.5. The van der Waals surface area contributed by atoms with Gasteiger partial charge in [0, 0.05) is 19.1 Å². The molecular formula is C16H21N3O2. The molecule has 0 spiro atoms. The molecule has 0 saturated carbocycles. The molecule has 1 aliphatic heterocycles. The molecule has 21 heavy (non-hydrogen) atoms. The molecule has 1 heterocycles. The largest absolute Gasteiger partial charge is 0.378 e. The van der Waals surface area contributed by atoms with Crippen LogP contribution in [-0.4, -0.2) is 43.2 Å². The lowest BCUT2D eigenvalue weighted by atomic mass is 10.0. The number of benzene rings is 1. The predicted molar refractivity (Wildman–Crippen MR) is 79.4 cm³/mol. The Labute approximate surface area is 125 Å². The Morgan fingerprint density at radius 2 is 2.05 bits per heavy atom. The first-order valence-electron chi connectivity index (χ1n) is 7.27. The van der Waals surface area contributed by atoms with Crippen LogP contribution in [0, 0.1) is 11.3 Å². The van der Waals surface area contributed by atoms with Gasteiger partial charge >= 0.3 is 0 Å². The van der Waals surface area contributed by atoms with Crippen LogP contribution >= 0.6 is 0 Å². The summed E-state index contributed by atoms with van der Waals surface area (Å²) < 4.78 is 5.26. The van der Waals surface area contributed by atoms with Gasteiger partial charge in [0.25, 0.3) is 0 Å². The number of nitriles is 1. The van der Waals surface area contributed by atoms with Crippen molar-refractivity contribution in [2.45, 2.75) is 25.4 Å². The van der Waals surface area contributed by atoms with Crippen molar-refractivity contribution in [2.24, 2.45) is 0 Å². The van der Waals surface area contributed by atoms with Crippen LogP contribution in [0.5, 0.6) is 0 Å². The van der Waals surface area contributed by atoms with Crippen molar-refractivity contribution in [2.75, 3.05) is 26.3 Å². The zero-order chi connectivity index (χ0) is 15.1. The molecule has 112 valence electrons. The van der Waals surface area contributed by atoms with E-state index in [9.17, 15) is 4.79 Å². The maximum Gasteiger partial charge on any atom is 0.239 e. The van der Waals surface area contributed by atoms with Crippen LogP contribution in [0.15, 0.2) is 30.3 Å². The normalized spacial score (nSPS) is 17.8. The Balaban J connectivity index is 1.99. The third-order valence-corrected chi connectivity index (χ3v) is 3.64. The van der Waals surface area contributed by atoms with Crippen molar-refractivity contribution < 1.29 is 9.53 Å². The van der Waals surface area contributed by atoms with Crippen LogP contribution in [0.3, 0.4) is 0 Å². The van der Waals surface area contributed by atoms with Crippen molar-refractivity contribution in [3.63, 3.8) is 0 Å². The number of nitrogens with zero attached hydrogens (tertiary/aromatic N) is 2. The molecule has 0 aromatic heterocycles. The second kappa shape index (κ2) is 7.77. The molecule has 1 aliphatic rings. The first kappa shape index (κ1) is 15.5. The minimum Gasteiger partial charge on any atom is -0.378 e. The summed E-state index contributed by atoms with van der Waals surface area (Å²) in [5.41, 5.74) is 1.03. The third-order valence-electron chi connectivity index (χ3n) is 3.64.